The Hall–Kier alpha value is -7.81. The first-order chi connectivity index (χ1) is 26.1. The maximum atomic E-state index is 12.0. The molecule has 4 aromatic carbocycles. The normalized spacial score (nSPS) is 11.7. The van der Waals surface area contributed by atoms with Crippen LogP contribution < -0.4 is 31.8 Å². The van der Waals surface area contributed by atoms with E-state index in [9.17, 15) is 24.9 Å². The number of amides is 4. The van der Waals surface area contributed by atoms with Gasteiger partial charge in [-0.25, -0.2) is 25.1 Å². The average molecular weight is 729 g/mol. The number of phenols is 3. The van der Waals surface area contributed by atoms with E-state index in [4.69, 9.17) is 26.0 Å². The van der Waals surface area contributed by atoms with Gasteiger partial charge < -0.3 is 36.3 Å². The van der Waals surface area contributed by atoms with Gasteiger partial charge in [0.1, 0.15) is 11.4 Å². The van der Waals surface area contributed by atoms with Crippen molar-refractivity contribution in [2.75, 3.05) is 14.2 Å². The Bertz CT molecular complexity index is 2220. The van der Waals surface area contributed by atoms with Gasteiger partial charge in [-0.3, -0.25) is 0 Å². The number of allylic oxidation sites excluding steroid dienone is 3. The highest BCUT2D eigenvalue weighted by atomic mass is 16.5. The van der Waals surface area contributed by atoms with Gasteiger partial charge in [-0.15, -0.1) is 0 Å². The highest BCUT2D eigenvalue weighted by Gasteiger charge is 2.19. The van der Waals surface area contributed by atoms with Crippen molar-refractivity contribution in [2.24, 2.45) is 21.7 Å². The van der Waals surface area contributed by atoms with Gasteiger partial charge in [-0.05, 0) is 77.9 Å². The molecule has 0 saturated carbocycles. The fourth-order valence-electron chi connectivity index (χ4n) is 5.07. The van der Waals surface area contributed by atoms with Crippen molar-refractivity contribution in [3.05, 3.63) is 132 Å². The van der Waals surface area contributed by atoms with Crippen LogP contribution in [0.15, 0.2) is 125 Å². The number of hydrogen-bond acceptors (Lipinski definition) is 10. The molecule has 9 N–H and O–H groups in total. The molecule has 1 aromatic heterocycles. The largest absolute Gasteiger partial charge is 0.507 e. The highest BCUT2D eigenvalue weighted by molar-refractivity contribution is 6.35. The van der Waals surface area contributed by atoms with E-state index in [0.717, 1.165) is 0 Å². The van der Waals surface area contributed by atoms with E-state index in [2.05, 4.69) is 21.1 Å². The summed E-state index contributed by atoms with van der Waals surface area (Å²) in [5.74, 6) is 0.233. The van der Waals surface area contributed by atoms with Crippen LogP contribution in [0.5, 0.6) is 28.7 Å². The predicted molar refractivity (Wildman–Crippen MR) is 206 cm³/mol. The Morgan fingerprint density at radius 1 is 0.722 bits per heavy atom. The molecule has 15 heteroatoms. The zero-order chi connectivity index (χ0) is 38.6. The Labute approximate surface area is 309 Å². The molecular formula is C39H36N8O7. The molecule has 0 unspecified atom stereocenters. The Morgan fingerprint density at radius 3 is 1.74 bits per heavy atom. The molecule has 1 heterocycles. The number of nitrogens with one attached hydrogen (secondary N) is 2. The van der Waals surface area contributed by atoms with Crippen LogP contribution in [0.2, 0.25) is 0 Å². The monoisotopic (exact) mass is 728 g/mol. The van der Waals surface area contributed by atoms with Gasteiger partial charge in [0, 0.05) is 22.9 Å². The number of carbonyl (C=O) groups is 2. The van der Waals surface area contributed by atoms with Crippen molar-refractivity contribution in [3.63, 3.8) is 0 Å². The van der Waals surface area contributed by atoms with Crippen LogP contribution in [-0.2, 0) is 0 Å². The molecule has 0 aliphatic rings. The zero-order valence-electron chi connectivity index (χ0n) is 29.0. The van der Waals surface area contributed by atoms with Gasteiger partial charge in [-0.2, -0.15) is 15.3 Å². The summed E-state index contributed by atoms with van der Waals surface area (Å²) in [6, 6.07) is 23.3. The van der Waals surface area contributed by atoms with Gasteiger partial charge in [0.15, 0.2) is 23.0 Å². The number of primary amides is 2. The lowest BCUT2D eigenvalue weighted by atomic mass is 9.98. The van der Waals surface area contributed by atoms with Crippen LogP contribution in [0.3, 0.4) is 0 Å². The molecule has 0 spiro atoms. The Balaban J connectivity index is 1.80. The topological polar surface area (TPSA) is 232 Å². The molecule has 5 rings (SSSR count). The molecule has 0 aliphatic heterocycles. The average Bonchev–Trinajstić information content (AvgIpc) is 3.59. The number of aromatic hydroxyl groups is 3. The number of carbonyl (C=O) groups excluding carboxylic acids is 2. The number of rotatable bonds is 13. The summed E-state index contributed by atoms with van der Waals surface area (Å²) in [6.45, 7) is 0. The zero-order valence-corrected chi connectivity index (χ0v) is 29.0. The lowest BCUT2D eigenvalue weighted by Crippen LogP contribution is -2.28. The van der Waals surface area contributed by atoms with E-state index in [0.29, 0.717) is 33.6 Å². The summed E-state index contributed by atoms with van der Waals surface area (Å²) in [4.78, 5) is 24.1. The standard InChI is InChI=1S/C39H36N8O7/c1-53-35-20-24(14-18-33(35)49)12-16-30(42-44-38(40)51)29(31(43-45-39(41)52)17-13-25-15-19-34(50)36(21-25)54-2)22-26-23-47(27-8-4-3-5-9-27)46-37(26)28-10-6-7-11-32(28)48/h3-23,48-50H,1-2H3,(H3,40,44,51)(H3,41,45,52)/b16-12+,17-13+,42-30+,43-31+. The SMILES string of the molecule is COc1cc(/C=C/C(=N\NC(N)=O)C(=Cc2cn(-c3ccccc3)nc2-c2ccccc2O)C(/C=C/c2ccc(O)c(OC)c2)=N/NC(N)=O)ccc1O. The summed E-state index contributed by atoms with van der Waals surface area (Å²) in [6.07, 6.45) is 9.68. The number of hydrazone groups is 2. The van der Waals surface area contributed by atoms with Crippen LogP contribution in [0.4, 0.5) is 9.59 Å². The number of methoxy groups -OCH3 is 2. The smallest absolute Gasteiger partial charge is 0.332 e. The van der Waals surface area contributed by atoms with Crippen molar-refractivity contribution in [3.8, 4) is 45.7 Å². The third-order valence-corrected chi connectivity index (χ3v) is 7.62. The number of benzene rings is 4. The van der Waals surface area contributed by atoms with Gasteiger partial charge in [0.05, 0.1) is 31.3 Å². The molecule has 0 radical (unpaired) electrons. The van der Waals surface area contributed by atoms with Gasteiger partial charge in [0.25, 0.3) is 0 Å². The van der Waals surface area contributed by atoms with E-state index in [1.807, 2.05) is 30.3 Å². The summed E-state index contributed by atoms with van der Waals surface area (Å²) in [5, 5.41) is 44.6. The van der Waals surface area contributed by atoms with Gasteiger partial charge in [0.2, 0.25) is 0 Å². The molecule has 54 heavy (non-hydrogen) atoms. The van der Waals surface area contributed by atoms with Crippen molar-refractivity contribution >= 4 is 41.7 Å². The van der Waals surface area contributed by atoms with Crippen LogP contribution in [0, 0.1) is 0 Å². The number of nitrogens with zero attached hydrogens (tertiary/aromatic N) is 4. The Morgan fingerprint density at radius 2 is 1.24 bits per heavy atom. The first-order valence-electron chi connectivity index (χ1n) is 16.1. The summed E-state index contributed by atoms with van der Waals surface area (Å²) < 4.78 is 12.1. The van der Waals surface area contributed by atoms with Gasteiger partial charge >= 0.3 is 12.1 Å². The first kappa shape index (κ1) is 37.4. The summed E-state index contributed by atoms with van der Waals surface area (Å²) in [5.41, 5.74) is 18.8. The number of hydrogen-bond donors (Lipinski definition) is 7. The molecule has 0 aliphatic carbocycles. The summed E-state index contributed by atoms with van der Waals surface area (Å²) >= 11 is 0. The number of ether oxygens (including phenoxy) is 2. The minimum Gasteiger partial charge on any atom is -0.507 e. The minimum atomic E-state index is -0.973. The maximum Gasteiger partial charge on any atom is 0.332 e. The second kappa shape index (κ2) is 17.4. The third kappa shape index (κ3) is 9.49. The van der Waals surface area contributed by atoms with E-state index >= 15 is 0 Å². The van der Waals surface area contributed by atoms with E-state index in [-0.39, 0.29) is 45.7 Å². The quantitative estimate of drug-likeness (QED) is 0.0600. The van der Waals surface area contributed by atoms with Crippen LogP contribution in [-0.4, -0.2) is 62.8 Å². The van der Waals surface area contributed by atoms with E-state index in [1.165, 1.54) is 44.6 Å². The number of aromatic nitrogens is 2. The lowest BCUT2D eigenvalue weighted by molar-refractivity contribution is 0.248. The molecule has 0 atom stereocenters. The summed E-state index contributed by atoms with van der Waals surface area (Å²) in [7, 11) is 2.82. The second-order valence-corrected chi connectivity index (χ2v) is 11.3. The molecule has 0 saturated heterocycles. The second-order valence-electron chi connectivity index (χ2n) is 11.3. The number of nitrogens with two attached hydrogens (primary N) is 2. The fraction of sp³-hybridized carbons (Fsp3) is 0.0513. The molecule has 5 aromatic rings. The lowest BCUT2D eigenvalue weighted by Gasteiger charge is -2.11. The molecule has 274 valence electrons. The van der Waals surface area contributed by atoms with Crippen molar-refractivity contribution < 1.29 is 34.4 Å². The number of phenolic OH excluding ortho intramolecular Hbond substituents is 3. The molecule has 4 amide bonds. The van der Waals surface area contributed by atoms with Crippen LogP contribution >= 0.6 is 0 Å². The molecule has 0 bridgehead atoms. The number of urea groups is 2. The number of para-hydroxylation sites is 2. The Kier molecular flexibility index (Phi) is 12.1. The van der Waals surface area contributed by atoms with Gasteiger partial charge in [-0.1, -0.05) is 54.6 Å². The fourth-order valence-corrected chi connectivity index (χ4v) is 5.07. The van der Waals surface area contributed by atoms with Crippen LogP contribution in [0.1, 0.15) is 16.7 Å². The van der Waals surface area contributed by atoms with E-state index in [1.54, 1.807) is 71.6 Å². The third-order valence-electron chi connectivity index (χ3n) is 7.62. The van der Waals surface area contributed by atoms with Crippen molar-refractivity contribution in [2.45, 2.75) is 0 Å². The molecule has 0 fully saturated rings. The first-order valence-corrected chi connectivity index (χ1v) is 16.1. The maximum absolute atomic E-state index is 12.0. The van der Waals surface area contributed by atoms with Crippen molar-refractivity contribution in [1.29, 1.82) is 0 Å². The minimum absolute atomic E-state index is 0.0390. The molecule has 15 nitrogen and oxygen atoms in total. The van der Waals surface area contributed by atoms with E-state index < -0.39 is 12.1 Å². The van der Waals surface area contributed by atoms with Crippen LogP contribution in [0.25, 0.3) is 35.2 Å². The molecular weight excluding hydrogens is 692 g/mol. The highest BCUT2D eigenvalue weighted by Crippen LogP contribution is 2.33. The van der Waals surface area contributed by atoms with Crippen molar-refractivity contribution in [1.82, 2.24) is 20.6 Å². The predicted octanol–water partition coefficient (Wildman–Crippen LogP) is 5.53.